The minimum absolute atomic E-state index is 0.00916. The van der Waals surface area contributed by atoms with Gasteiger partial charge in [-0.1, -0.05) is 30.3 Å². The zero-order chi connectivity index (χ0) is 25.4. The molecule has 12 nitrogen and oxygen atoms in total. The Morgan fingerprint density at radius 1 is 1.17 bits per heavy atom. The highest BCUT2D eigenvalue weighted by Crippen LogP contribution is 2.22. The highest BCUT2D eigenvalue weighted by atomic mass is 32.1. The molecule has 1 aromatic carbocycles. The Morgan fingerprint density at radius 2 is 1.91 bits per heavy atom. The Morgan fingerprint density at radius 3 is 2.60 bits per heavy atom. The lowest BCUT2D eigenvalue weighted by molar-refractivity contribution is -0.126. The molecule has 0 spiro atoms. The van der Waals surface area contributed by atoms with Crippen LogP contribution in [-0.2, 0) is 32.3 Å². The number of fused-ring (bicyclic) bond motifs is 1. The van der Waals surface area contributed by atoms with Gasteiger partial charge in [0.2, 0.25) is 16.8 Å². The molecule has 0 saturated carbocycles. The van der Waals surface area contributed by atoms with Crippen LogP contribution >= 0.6 is 11.3 Å². The molecule has 3 aromatic rings. The van der Waals surface area contributed by atoms with E-state index in [2.05, 4.69) is 20.8 Å². The maximum absolute atomic E-state index is 12.7. The van der Waals surface area contributed by atoms with E-state index >= 15 is 0 Å². The molecule has 35 heavy (non-hydrogen) atoms. The summed E-state index contributed by atoms with van der Waals surface area (Å²) in [5.41, 5.74) is 11.5. The first-order chi connectivity index (χ1) is 16.6. The van der Waals surface area contributed by atoms with Crippen molar-refractivity contribution in [2.24, 2.45) is 11.5 Å². The highest BCUT2D eigenvalue weighted by molar-refractivity contribution is 7.15. The molecule has 0 fully saturated rings. The number of thiazole rings is 1. The second-order valence-electron chi connectivity index (χ2n) is 8.37. The van der Waals surface area contributed by atoms with Crippen LogP contribution < -0.4 is 22.1 Å². The number of nitrogens with two attached hydrogens (primary N) is 2. The van der Waals surface area contributed by atoms with E-state index in [0.717, 1.165) is 5.56 Å². The van der Waals surface area contributed by atoms with E-state index in [1.165, 1.54) is 11.3 Å². The number of hydrogen-bond acceptors (Lipinski definition) is 9. The lowest BCUT2D eigenvalue weighted by atomic mass is 10.1. The molecule has 0 bridgehead atoms. The van der Waals surface area contributed by atoms with Crippen molar-refractivity contribution in [2.75, 3.05) is 13.2 Å². The second kappa shape index (κ2) is 11.7. The van der Waals surface area contributed by atoms with Gasteiger partial charge in [0.15, 0.2) is 5.82 Å². The zero-order valence-corrected chi connectivity index (χ0v) is 20.3. The molecule has 0 saturated heterocycles. The van der Waals surface area contributed by atoms with Gasteiger partial charge in [0.1, 0.15) is 12.6 Å². The number of carbonyl (C=O) groups excluding carboxylic acids is 3. The molecule has 2 aromatic heterocycles. The molecule has 0 aliphatic heterocycles. The average Bonchev–Trinajstić information content (AvgIpc) is 3.39. The van der Waals surface area contributed by atoms with Crippen molar-refractivity contribution in [1.82, 2.24) is 25.2 Å². The predicted octanol–water partition coefficient (Wildman–Crippen LogP) is 1.00. The van der Waals surface area contributed by atoms with Crippen molar-refractivity contribution >= 4 is 34.2 Å². The zero-order valence-electron chi connectivity index (χ0n) is 19.5. The van der Waals surface area contributed by atoms with Crippen molar-refractivity contribution < 1.29 is 23.9 Å². The van der Waals surface area contributed by atoms with Gasteiger partial charge in [-0.25, -0.2) is 4.79 Å². The molecule has 0 radical (unpaired) electrons. The number of carbonyl (C=O) groups is 3. The van der Waals surface area contributed by atoms with Gasteiger partial charge in [-0.2, -0.15) is 0 Å². The molecule has 13 heteroatoms. The highest BCUT2D eigenvalue weighted by Gasteiger charge is 2.29. The third kappa shape index (κ3) is 7.47. The minimum Gasteiger partial charge on any atom is -0.443 e. The normalized spacial score (nSPS) is 12.3. The van der Waals surface area contributed by atoms with Crippen molar-refractivity contribution in [1.29, 1.82) is 0 Å². The number of nitrogens with one attached hydrogen (secondary N) is 2. The molecular formula is C22H29N7O5S. The first-order valence-electron chi connectivity index (χ1n) is 10.9. The third-order valence-electron chi connectivity index (χ3n) is 4.84. The Kier molecular flexibility index (Phi) is 8.73. The summed E-state index contributed by atoms with van der Waals surface area (Å²) in [5.74, 6) is -0.494. The van der Waals surface area contributed by atoms with Gasteiger partial charge < -0.3 is 31.6 Å². The lowest BCUT2D eigenvalue weighted by Crippen LogP contribution is -2.51. The number of amides is 3. The summed E-state index contributed by atoms with van der Waals surface area (Å²) in [4.78, 5) is 36.0. The number of ether oxygens (including phenoxy) is 2. The fraction of sp³-hybridized carbons (Fsp3) is 0.409. The van der Waals surface area contributed by atoms with Crippen LogP contribution in [0.5, 0.6) is 0 Å². The van der Waals surface area contributed by atoms with Gasteiger partial charge in [0.25, 0.3) is 0 Å². The number of hydrogen-bond donors (Lipinski definition) is 4. The summed E-state index contributed by atoms with van der Waals surface area (Å²) in [6, 6.07) is 8.96. The number of alkyl carbamates (subject to hydrolysis) is 1. The van der Waals surface area contributed by atoms with Gasteiger partial charge in [-0.15, -0.1) is 21.5 Å². The topological polar surface area (TPSA) is 176 Å². The van der Waals surface area contributed by atoms with Gasteiger partial charge in [0, 0.05) is 18.3 Å². The molecule has 188 valence electrons. The Balaban J connectivity index is 1.75. The van der Waals surface area contributed by atoms with E-state index in [0.29, 0.717) is 23.1 Å². The first kappa shape index (κ1) is 26.1. The van der Waals surface area contributed by atoms with Gasteiger partial charge >= 0.3 is 6.09 Å². The largest absolute Gasteiger partial charge is 0.443 e. The van der Waals surface area contributed by atoms with E-state index in [4.69, 9.17) is 20.9 Å². The van der Waals surface area contributed by atoms with E-state index in [1.54, 1.807) is 23.6 Å². The second-order valence-corrected chi connectivity index (χ2v) is 9.21. The van der Waals surface area contributed by atoms with Crippen LogP contribution in [0.2, 0.25) is 0 Å². The molecule has 3 amide bonds. The first-order valence-corrected chi connectivity index (χ1v) is 11.7. The fourth-order valence-electron chi connectivity index (χ4n) is 3.00. The number of benzene rings is 1. The molecule has 3 rings (SSSR count). The molecule has 1 atom stereocenters. The third-order valence-corrected chi connectivity index (χ3v) is 5.70. The lowest BCUT2D eigenvalue weighted by Gasteiger charge is -2.23. The van der Waals surface area contributed by atoms with E-state index in [9.17, 15) is 14.4 Å². The van der Waals surface area contributed by atoms with Crippen LogP contribution in [0, 0.1) is 0 Å². The Labute approximate surface area is 206 Å². The van der Waals surface area contributed by atoms with Gasteiger partial charge in [-0.05, 0) is 19.4 Å². The van der Waals surface area contributed by atoms with Crippen LogP contribution in [0.1, 0.15) is 43.4 Å². The monoisotopic (exact) mass is 503 g/mol. The summed E-state index contributed by atoms with van der Waals surface area (Å²) in [5, 5.41) is 15.5. The van der Waals surface area contributed by atoms with Crippen molar-refractivity contribution in [3.8, 4) is 0 Å². The summed E-state index contributed by atoms with van der Waals surface area (Å²) in [6.45, 7) is 3.65. The van der Waals surface area contributed by atoms with Gasteiger partial charge in [0.05, 0.1) is 24.4 Å². The van der Waals surface area contributed by atoms with E-state index in [1.807, 2.05) is 30.3 Å². The molecular weight excluding hydrogens is 474 g/mol. The van der Waals surface area contributed by atoms with E-state index in [-0.39, 0.29) is 32.1 Å². The average molecular weight is 504 g/mol. The number of rotatable bonds is 12. The summed E-state index contributed by atoms with van der Waals surface area (Å²) < 4.78 is 12.8. The molecule has 0 unspecified atom stereocenters. The van der Waals surface area contributed by atoms with Crippen LogP contribution in [0.3, 0.4) is 0 Å². The molecule has 2 heterocycles. The number of nitrogens with zero attached hydrogens (tertiary/aromatic N) is 3. The predicted molar refractivity (Wildman–Crippen MR) is 128 cm³/mol. The van der Waals surface area contributed by atoms with Crippen molar-refractivity contribution in [3.63, 3.8) is 0 Å². The van der Waals surface area contributed by atoms with Crippen molar-refractivity contribution in [2.45, 2.75) is 45.1 Å². The number of primary amides is 1. The standard InChI is InChI=1S/C22H29N7O5S/c1-22(2,24)19(31)26-16(12-33-10-14-6-4-3-5-7-14)18-27-28-20-29(18)15(13-35-20)11-34-21(32)25-9-8-17(23)30/h3-7,13,16H,8-12,24H2,1-2H3,(H2,23,30)(H,25,32)(H,26,31)/t16-/m1/s1. The fourth-order valence-corrected chi connectivity index (χ4v) is 3.82. The molecule has 6 N–H and O–H groups in total. The Hall–Kier alpha value is -3.55. The van der Waals surface area contributed by atoms with E-state index < -0.39 is 23.6 Å². The number of aromatic nitrogens is 3. The smallest absolute Gasteiger partial charge is 0.407 e. The molecule has 0 aliphatic carbocycles. The SMILES string of the molecule is CC(C)(N)C(=O)N[C@H](COCc1ccccc1)c1nnc2scc(COC(=O)NCCC(N)=O)n12. The summed E-state index contributed by atoms with van der Waals surface area (Å²) >= 11 is 1.31. The van der Waals surface area contributed by atoms with Gasteiger partial charge in [-0.3, -0.25) is 14.0 Å². The summed E-state index contributed by atoms with van der Waals surface area (Å²) in [6.07, 6.45) is -0.684. The van der Waals surface area contributed by atoms with Crippen LogP contribution in [0.4, 0.5) is 4.79 Å². The minimum atomic E-state index is -1.12. The maximum atomic E-state index is 12.7. The van der Waals surface area contributed by atoms with Crippen LogP contribution in [0.25, 0.3) is 4.96 Å². The maximum Gasteiger partial charge on any atom is 0.407 e. The van der Waals surface area contributed by atoms with Crippen molar-refractivity contribution in [3.05, 3.63) is 52.8 Å². The van der Waals surface area contributed by atoms with Crippen LogP contribution in [0.15, 0.2) is 35.7 Å². The van der Waals surface area contributed by atoms with Crippen LogP contribution in [-0.4, -0.2) is 51.2 Å². The summed E-state index contributed by atoms with van der Waals surface area (Å²) in [7, 11) is 0. The quantitative estimate of drug-likeness (QED) is 0.283. The Bertz CT molecular complexity index is 1160. The molecule has 0 aliphatic rings.